The van der Waals surface area contributed by atoms with Crippen molar-refractivity contribution in [2.24, 2.45) is 0 Å². The Hall–Kier alpha value is -1.54. The van der Waals surface area contributed by atoms with Gasteiger partial charge >= 0.3 is 6.18 Å². The molecule has 0 spiro atoms. The van der Waals surface area contributed by atoms with Crippen molar-refractivity contribution in [3.05, 3.63) is 17.8 Å². The van der Waals surface area contributed by atoms with Crippen LogP contribution in [-0.2, 0) is 6.18 Å². The molecule has 2 rings (SSSR count). The van der Waals surface area contributed by atoms with Gasteiger partial charge in [0.05, 0.1) is 12.8 Å². The first kappa shape index (κ1) is 15.8. The third-order valence-corrected chi connectivity index (χ3v) is 3.13. The van der Waals surface area contributed by atoms with Crippen LogP contribution in [0.25, 0.3) is 0 Å². The van der Waals surface area contributed by atoms with Crippen LogP contribution in [0.4, 0.5) is 19.0 Å². The predicted molar refractivity (Wildman–Crippen MR) is 71.5 cm³/mol. The van der Waals surface area contributed by atoms with Crippen LogP contribution in [0.1, 0.15) is 12.0 Å². The first-order chi connectivity index (χ1) is 10.0. The van der Waals surface area contributed by atoms with Gasteiger partial charge in [0.25, 0.3) is 0 Å². The second-order valence-electron chi connectivity index (χ2n) is 4.70. The minimum absolute atomic E-state index is 0.0569. The Bertz CT molecular complexity index is 462. The highest BCUT2D eigenvalue weighted by molar-refractivity contribution is 5.51. The standard InChI is InChI=1S/C13H18F3N3O2/c14-13(15,16)11-8-10(21-7-1-6-20)9-18-12(11)19-4-2-17-3-5-19/h8-9,17,20H,1-7H2. The summed E-state index contributed by atoms with van der Waals surface area (Å²) in [4.78, 5) is 5.56. The highest BCUT2D eigenvalue weighted by Gasteiger charge is 2.36. The number of alkyl halides is 3. The number of halogens is 3. The maximum atomic E-state index is 13.2. The molecular formula is C13H18F3N3O2. The number of hydrogen-bond acceptors (Lipinski definition) is 5. The molecule has 2 N–H and O–H groups in total. The number of hydrogen-bond donors (Lipinski definition) is 2. The fraction of sp³-hybridized carbons (Fsp3) is 0.615. The highest BCUT2D eigenvalue weighted by atomic mass is 19.4. The van der Waals surface area contributed by atoms with Crippen molar-refractivity contribution in [2.45, 2.75) is 12.6 Å². The van der Waals surface area contributed by atoms with E-state index in [9.17, 15) is 13.2 Å². The van der Waals surface area contributed by atoms with E-state index in [1.165, 1.54) is 6.20 Å². The number of anilines is 1. The average Bonchev–Trinajstić information content (AvgIpc) is 2.47. The van der Waals surface area contributed by atoms with E-state index >= 15 is 0 Å². The van der Waals surface area contributed by atoms with Crippen LogP contribution in [0.2, 0.25) is 0 Å². The molecule has 0 saturated carbocycles. The first-order valence-electron chi connectivity index (χ1n) is 6.79. The van der Waals surface area contributed by atoms with Gasteiger partial charge in [-0.05, 0) is 6.07 Å². The zero-order chi connectivity index (χ0) is 15.3. The SMILES string of the molecule is OCCCOc1cnc(N2CCNCC2)c(C(F)(F)F)c1. The van der Waals surface area contributed by atoms with Crippen molar-refractivity contribution >= 4 is 5.82 Å². The van der Waals surface area contributed by atoms with Crippen LogP contribution in [-0.4, -0.2) is 49.5 Å². The van der Waals surface area contributed by atoms with Crippen molar-refractivity contribution in [1.29, 1.82) is 0 Å². The second kappa shape index (κ2) is 6.95. The van der Waals surface area contributed by atoms with Crippen LogP contribution < -0.4 is 15.0 Å². The van der Waals surface area contributed by atoms with Gasteiger partial charge in [-0.1, -0.05) is 0 Å². The molecule has 0 aromatic carbocycles. The monoisotopic (exact) mass is 305 g/mol. The smallest absolute Gasteiger partial charge is 0.420 e. The van der Waals surface area contributed by atoms with E-state index < -0.39 is 11.7 Å². The molecular weight excluding hydrogens is 287 g/mol. The molecule has 0 aliphatic carbocycles. The van der Waals surface area contributed by atoms with Gasteiger partial charge in [-0.15, -0.1) is 0 Å². The highest BCUT2D eigenvalue weighted by Crippen LogP contribution is 2.37. The third-order valence-electron chi connectivity index (χ3n) is 3.13. The number of nitrogens with one attached hydrogen (secondary N) is 1. The lowest BCUT2D eigenvalue weighted by atomic mass is 10.2. The summed E-state index contributed by atoms with van der Waals surface area (Å²) >= 11 is 0. The molecule has 0 unspecified atom stereocenters. The van der Waals surface area contributed by atoms with E-state index in [1.807, 2.05) is 0 Å². The number of aliphatic hydroxyl groups is 1. The van der Waals surface area contributed by atoms with E-state index in [-0.39, 0.29) is 24.8 Å². The van der Waals surface area contributed by atoms with E-state index in [4.69, 9.17) is 9.84 Å². The van der Waals surface area contributed by atoms with Crippen molar-refractivity contribution in [1.82, 2.24) is 10.3 Å². The van der Waals surface area contributed by atoms with Crippen LogP contribution in [0.15, 0.2) is 12.3 Å². The van der Waals surface area contributed by atoms with E-state index in [0.717, 1.165) is 6.07 Å². The molecule has 1 aliphatic rings. The van der Waals surface area contributed by atoms with Crippen LogP contribution in [0, 0.1) is 0 Å². The molecule has 1 aliphatic heterocycles. The number of aliphatic hydroxyl groups excluding tert-OH is 1. The number of piperazine rings is 1. The molecule has 1 fully saturated rings. The first-order valence-corrected chi connectivity index (χ1v) is 6.79. The Balaban J connectivity index is 2.23. The van der Waals surface area contributed by atoms with E-state index in [1.54, 1.807) is 4.90 Å². The molecule has 118 valence electrons. The van der Waals surface area contributed by atoms with Crippen LogP contribution in [0.3, 0.4) is 0 Å². The zero-order valence-corrected chi connectivity index (χ0v) is 11.5. The van der Waals surface area contributed by atoms with Gasteiger partial charge in [0.15, 0.2) is 0 Å². The summed E-state index contributed by atoms with van der Waals surface area (Å²) in [6, 6.07) is 0.974. The molecule has 21 heavy (non-hydrogen) atoms. The topological polar surface area (TPSA) is 57.6 Å². The third kappa shape index (κ3) is 4.21. The molecule has 0 atom stereocenters. The lowest BCUT2D eigenvalue weighted by Gasteiger charge is -2.30. The summed E-state index contributed by atoms with van der Waals surface area (Å²) in [5.41, 5.74) is -0.786. The molecule has 1 aromatic heterocycles. The largest absolute Gasteiger partial charge is 0.492 e. The average molecular weight is 305 g/mol. The van der Waals surface area contributed by atoms with Crippen molar-refractivity contribution in [2.75, 3.05) is 44.3 Å². The van der Waals surface area contributed by atoms with Gasteiger partial charge < -0.3 is 20.1 Å². The number of aromatic nitrogens is 1. The van der Waals surface area contributed by atoms with Gasteiger partial charge in [0.2, 0.25) is 0 Å². The minimum atomic E-state index is -4.48. The Morgan fingerprint density at radius 1 is 1.33 bits per heavy atom. The normalized spacial score (nSPS) is 16.1. The van der Waals surface area contributed by atoms with Crippen molar-refractivity contribution in [3.8, 4) is 5.75 Å². The molecule has 1 aromatic rings. The Morgan fingerprint density at radius 2 is 2.05 bits per heavy atom. The zero-order valence-electron chi connectivity index (χ0n) is 11.5. The summed E-state index contributed by atoms with van der Waals surface area (Å²) in [6.45, 7) is 2.32. The minimum Gasteiger partial charge on any atom is -0.492 e. The van der Waals surface area contributed by atoms with Gasteiger partial charge in [-0.2, -0.15) is 13.2 Å². The number of ether oxygens (including phenoxy) is 1. The van der Waals surface area contributed by atoms with Gasteiger partial charge in [0, 0.05) is 39.2 Å². The van der Waals surface area contributed by atoms with E-state index in [2.05, 4.69) is 10.3 Å². The second-order valence-corrected chi connectivity index (χ2v) is 4.70. The lowest BCUT2D eigenvalue weighted by Crippen LogP contribution is -2.44. The molecule has 0 radical (unpaired) electrons. The summed E-state index contributed by atoms with van der Waals surface area (Å²) < 4.78 is 44.8. The Labute approximate surface area is 120 Å². The van der Waals surface area contributed by atoms with Gasteiger partial charge in [-0.3, -0.25) is 0 Å². The summed E-state index contributed by atoms with van der Waals surface area (Å²) in [7, 11) is 0. The number of nitrogens with zero attached hydrogens (tertiary/aromatic N) is 2. The summed E-state index contributed by atoms with van der Waals surface area (Å²) in [5.74, 6) is 0.00756. The van der Waals surface area contributed by atoms with Crippen molar-refractivity contribution in [3.63, 3.8) is 0 Å². The van der Waals surface area contributed by atoms with Gasteiger partial charge in [0.1, 0.15) is 17.1 Å². The molecule has 1 saturated heterocycles. The molecule has 0 bridgehead atoms. The van der Waals surface area contributed by atoms with Gasteiger partial charge in [-0.25, -0.2) is 4.98 Å². The Kier molecular flexibility index (Phi) is 5.24. The molecule has 2 heterocycles. The maximum Gasteiger partial charge on any atom is 0.420 e. The van der Waals surface area contributed by atoms with Crippen molar-refractivity contribution < 1.29 is 23.0 Å². The number of pyridine rings is 1. The fourth-order valence-corrected chi connectivity index (χ4v) is 2.11. The molecule has 5 nitrogen and oxygen atoms in total. The number of rotatable bonds is 5. The predicted octanol–water partition coefficient (Wildman–Crippen LogP) is 1.27. The quantitative estimate of drug-likeness (QED) is 0.803. The summed E-state index contributed by atoms with van der Waals surface area (Å²) in [6.07, 6.45) is -2.82. The van der Waals surface area contributed by atoms with Crippen LogP contribution in [0.5, 0.6) is 5.75 Å². The summed E-state index contributed by atoms with van der Waals surface area (Å²) in [5, 5.41) is 11.7. The van der Waals surface area contributed by atoms with E-state index in [0.29, 0.717) is 32.6 Å². The van der Waals surface area contributed by atoms with Crippen LogP contribution >= 0.6 is 0 Å². The molecule has 8 heteroatoms. The molecule has 0 amide bonds. The fourth-order valence-electron chi connectivity index (χ4n) is 2.11. The maximum absolute atomic E-state index is 13.2. The lowest BCUT2D eigenvalue weighted by molar-refractivity contribution is -0.137. The Morgan fingerprint density at radius 3 is 2.67 bits per heavy atom.